The van der Waals surface area contributed by atoms with E-state index in [4.69, 9.17) is 9.47 Å². The first-order valence-electron chi connectivity index (χ1n) is 12.3. The second-order valence-corrected chi connectivity index (χ2v) is 13.4. The number of fused-ring (bicyclic) bond motifs is 4. The van der Waals surface area contributed by atoms with E-state index in [-0.39, 0.29) is 63.4 Å². The molecule has 5 nitrogen and oxygen atoms in total. The fourth-order valence-electron chi connectivity index (χ4n) is 7.76. The number of ether oxygens (including phenoxy) is 2. The van der Waals surface area contributed by atoms with Gasteiger partial charge in [0, 0.05) is 10.8 Å². The fourth-order valence-corrected chi connectivity index (χ4v) is 7.76. The van der Waals surface area contributed by atoms with Gasteiger partial charge in [0.15, 0.2) is 13.1 Å². The average molecular weight is 435 g/mol. The van der Waals surface area contributed by atoms with Crippen LogP contribution in [-0.4, -0.2) is 55.8 Å². The van der Waals surface area contributed by atoms with E-state index in [2.05, 4.69) is 41.5 Å². The summed E-state index contributed by atoms with van der Waals surface area (Å²) in [7, 11) is 3.84. The molecule has 0 radical (unpaired) electrons. The number of hydrogen-bond donors (Lipinski definition) is 0. The molecule has 0 aromatic carbocycles. The second-order valence-electron chi connectivity index (χ2n) is 13.4. The Bertz CT molecular complexity index is 709. The Kier molecular flexibility index (Phi) is 5.17. The molecule has 0 aliphatic heterocycles. The van der Waals surface area contributed by atoms with E-state index in [1.807, 2.05) is 14.1 Å². The highest BCUT2D eigenvalue weighted by Gasteiger charge is 2.64. The van der Waals surface area contributed by atoms with E-state index in [1.165, 1.54) is 12.8 Å². The van der Waals surface area contributed by atoms with Crippen LogP contribution in [0.2, 0.25) is 0 Å². The van der Waals surface area contributed by atoms with Crippen molar-refractivity contribution in [2.45, 2.75) is 92.3 Å². The van der Waals surface area contributed by atoms with Crippen molar-refractivity contribution >= 4 is 11.9 Å². The largest absolute Gasteiger partial charge is 0.458 e. The number of carbonyl (C=O) groups excluding carboxylic acids is 2. The van der Waals surface area contributed by atoms with Crippen LogP contribution in [0.4, 0.5) is 0 Å². The molecule has 4 bridgehead atoms. The molecule has 4 saturated carbocycles. The van der Waals surface area contributed by atoms with Gasteiger partial charge in [-0.3, -0.25) is 0 Å². The summed E-state index contributed by atoms with van der Waals surface area (Å²) in [6.07, 6.45) is 6.68. The van der Waals surface area contributed by atoms with Crippen molar-refractivity contribution < 1.29 is 23.5 Å². The first kappa shape index (κ1) is 23.1. The van der Waals surface area contributed by atoms with Gasteiger partial charge < -0.3 is 14.0 Å². The van der Waals surface area contributed by atoms with Crippen molar-refractivity contribution in [2.75, 3.05) is 27.2 Å². The van der Waals surface area contributed by atoms with E-state index >= 15 is 0 Å². The van der Waals surface area contributed by atoms with Crippen LogP contribution >= 0.6 is 0 Å². The number of esters is 2. The highest BCUT2D eigenvalue weighted by atomic mass is 16.6. The van der Waals surface area contributed by atoms with Crippen LogP contribution in [0.1, 0.15) is 80.1 Å². The fraction of sp³-hybridized carbons (Fsp3) is 0.923. The van der Waals surface area contributed by atoms with Gasteiger partial charge in [0.2, 0.25) is 0 Å². The number of likely N-dealkylation sites (N-methyl/N-ethyl adjacent to an activating group) is 1. The van der Waals surface area contributed by atoms with Crippen LogP contribution in [0.3, 0.4) is 0 Å². The molecule has 0 aromatic rings. The van der Waals surface area contributed by atoms with Crippen LogP contribution in [0.15, 0.2) is 0 Å². The second kappa shape index (κ2) is 6.95. The highest BCUT2D eigenvalue weighted by Crippen LogP contribution is 2.67. The van der Waals surface area contributed by atoms with Crippen molar-refractivity contribution in [2.24, 2.45) is 33.5 Å². The third kappa shape index (κ3) is 3.36. The summed E-state index contributed by atoms with van der Waals surface area (Å²) in [5.74, 6) is 0.890. The lowest BCUT2D eigenvalue weighted by Crippen LogP contribution is -2.50. The molecule has 4 fully saturated rings. The van der Waals surface area contributed by atoms with Gasteiger partial charge in [0.05, 0.1) is 14.1 Å². The zero-order chi connectivity index (χ0) is 23.0. The molecule has 4 aliphatic rings. The molecular formula is C26H44NO4+. The van der Waals surface area contributed by atoms with Gasteiger partial charge in [-0.1, -0.05) is 41.5 Å². The Balaban J connectivity index is 1.30. The Labute approximate surface area is 188 Å². The molecular weight excluding hydrogens is 390 g/mol. The third-order valence-electron chi connectivity index (χ3n) is 11.1. The van der Waals surface area contributed by atoms with Gasteiger partial charge in [0.25, 0.3) is 0 Å². The molecule has 31 heavy (non-hydrogen) atoms. The summed E-state index contributed by atoms with van der Waals surface area (Å²) in [4.78, 5) is 25.6. The first-order valence-corrected chi connectivity index (χ1v) is 12.3. The normalized spacial score (nSPS) is 42.1. The van der Waals surface area contributed by atoms with Crippen molar-refractivity contribution in [1.29, 1.82) is 0 Å². The lowest BCUT2D eigenvalue weighted by atomic mass is 9.70. The molecule has 6 atom stereocenters. The average Bonchev–Trinajstić information content (AvgIpc) is 3.12. The maximum absolute atomic E-state index is 12.8. The minimum absolute atomic E-state index is 0.00285. The molecule has 0 unspecified atom stereocenters. The predicted octanol–water partition coefficient (Wildman–Crippen LogP) is 4.58. The molecule has 176 valence electrons. The smallest absolute Gasteiger partial charge is 0.362 e. The summed E-state index contributed by atoms with van der Waals surface area (Å²) in [6, 6.07) is 0. The topological polar surface area (TPSA) is 52.6 Å². The summed E-state index contributed by atoms with van der Waals surface area (Å²) in [5, 5.41) is 0. The van der Waals surface area contributed by atoms with Gasteiger partial charge in [-0.15, -0.1) is 0 Å². The SMILES string of the molecule is CC1(C)[C@H]2CC[C@]1(C)[C@@H](OC(=O)C[N+](C)(C)CC(=O)O[C@@H]1C[C@@H]3CC[C@@]1(C)C3(C)C)C2. The zero-order valence-corrected chi connectivity index (χ0v) is 21.0. The number of hydrogen-bond acceptors (Lipinski definition) is 4. The number of rotatable bonds is 6. The van der Waals surface area contributed by atoms with E-state index in [9.17, 15) is 9.59 Å². The van der Waals surface area contributed by atoms with E-state index in [0.29, 0.717) is 11.8 Å². The summed E-state index contributed by atoms with van der Waals surface area (Å²) in [6.45, 7) is 14.3. The minimum Gasteiger partial charge on any atom is -0.458 e. The zero-order valence-electron chi connectivity index (χ0n) is 21.0. The molecule has 4 aliphatic carbocycles. The lowest BCUT2D eigenvalue weighted by molar-refractivity contribution is -0.875. The van der Waals surface area contributed by atoms with Gasteiger partial charge >= 0.3 is 11.9 Å². The van der Waals surface area contributed by atoms with Gasteiger partial charge in [-0.05, 0) is 61.2 Å². The molecule has 0 spiro atoms. The van der Waals surface area contributed by atoms with E-state index < -0.39 is 0 Å². The number of quaternary nitrogens is 1. The maximum Gasteiger partial charge on any atom is 0.362 e. The van der Waals surface area contributed by atoms with Crippen molar-refractivity contribution in [3.05, 3.63) is 0 Å². The predicted molar refractivity (Wildman–Crippen MR) is 120 cm³/mol. The third-order valence-corrected chi connectivity index (χ3v) is 11.1. The summed E-state index contributed by atoms with van der Waals surface area (Å²) in [5.41, 5.74) is 0.564. The molecule has 0 aromatic heterocycles. The van der Waals surface area contributed by atoms with Crippen LogP contribution in [0.25, 0.3) is 0 Å². The quantitative estimate of drug-likeness (QED) is 0.454. The van der Waals surface area contributed by atoms with E-state index in [0.717, 1.165) is 25.7 Å². The van der Waals surface area contributed by atoms with Crippen molar-refractivity contribution in [3.8, 4) is 0 Å². The van der Waals surface area contributed by atoms with E-state index in [1.54, 1.807) is 0 Å². The van der Waals surface area contributed by atoms with Gasteiger partial charge in [0.1, 0.15) is 12.2 Å². The Morgan fingerprint density at radius 2 is 1.10 bits per heavy atom. The molecule has 0 heterocycles. The lowest BCUT2D eigenvalue weighted by Gasteiger charge is -2.39. The Morgan fingerprint density at radius 1 is 0.742 bits per heavy atom. The highest BCUT2D eigenvalue weighted by molar-refractivity contribution is 5.73. The van der Waals surface area contributed by atoms with Crippen molar-refractivity contribution in [1.82, 2.24) is 0 Å². The minimum atomic E-state index is -0.194. The Morgan fingerprint density at radius 3 is 1.35 bits per heavy atom. The Hall–Kier alpha value is -1.10. The molecule has 5 heteroatoms. The molecule has 0 amide bonds. The van der Waals surface area contributed by atoms with Gasteiger partial charge in [-0.2, -0.15) is 0 Å². The van der Waals surface area contributed by atoms with Crippen LogP contribution in [0.5, 0.6) is 0 Å². The van der Waals surface area contributed by atoms with Crippen molar-refractivity contribution in [3.63, 3.8) is 0 Å². The monoisotopic (exact) mass is 434 g/mol. The van der Waals surface area contributed by atoms with Crippen LogP contribution in [-0.2, 0) is 19.1 Å². The molecule has 4 rings (SSSR count). The molecule has 0 saturated heterocycles. The summed E-state index contributed by atoms with van der Waals surface area (Å²) >= 11 is 0. The van der Waals surface area contributed by atoms with Crippen LogP contribution < -0.4 is 0 Å². The number of nitrogens with zero attached hydrogens (tertiary/aromatic N) is 1. The maximum atomic E-state index is 12.8. The summed E-state index contributed by atoms with van der Waals surface area (Å²) < 4.78 is 12.3. The standard InChI is InChI=1S/C26H44NO4/c1-23(2)17-9-11-25(23,5)19(13-17)30-21(28)15-27(7,8)16-22(29)31-20-14-18-10-12-26(20,6)24(18,3)4/h17-20H,9-16H2,1-8H3/q+1/t17-,18-,19-,20+,25+,26+/m0/s1. The number of carbonyl (C=O) groups is 2. The van der Waals surface area contributed by atoms with Crippen LogP contribution in [0, 0.1) is 33.5 Å². The first-order chi connectivity index (χ1) is 14.1. The molecule has 0 N–H and O–H groups in total. The van der Waals surface area contributed by atoms with Gasteiger partial charge in [-0.25, -0.2) is 9.59 Å².